The molecule has 6 nitrogen and oxygen atoms in total. The van der Waals surface area contributed by atoms with E-state index in [1.165, 1.54) is 11.1 Å². The summed E-state index contributed by atoms with van der Waals surface area (Å²) in [4.78, 5) is 11.3. The SMILES string of the molecule is Cc1cccc(OCCc2noc(C3CCCN(Cc4cccnc4)C3)n2)c1. The maximum atomic E-state index is 5.79. The first-order chi connectivity index (χ1) is 13.8. The van der Waals surface area contributed by atoms with Crippen molar-refractivity contribution >= 4 is 0 Å². The number of benzene rings is 1. The number of hydrogen-bond acceptors (Lipinski definition) is 6. The summed E-state index contributed by atoms with van der Waals surface area (Å²) in [6.45, 7) is 5.54. The number of piperidine rings is 1. The fourth-order valence-corrected chi connectivity index (χ4v) is 3.65. The van der Waals surface area contributed by atoms with E-state index in [9.17, 15) is 0 Å². The summed E-state index contributed by atoms with van der Waals surface area (Å²) >= 11 is 0. The van der Waals surface area contributed by atoms with Gasteiger partial charge in [-0.1, -0.05) is 23.4 Å². The number of likely N-dealkylation sites (tertiary alicyclic amines) is 1. The minimum absolute atomic E-state index is 0.296. The van der Waals surface area contributed by atoms with Crippen LogP contribution in [0.4, 0.5) is 0 Å². The summed E-state index contributed by atoms with van der Waals surface area (Å²) in [6, 6.07) is 12.2. The smallest absolute Gasteiger partial charge is 0.231 e. The topological polar surface area (TPSA) is 64.3 Å². The van der Waals surface area contributed by atoms with Crippen LogP contribution in [0.25, 0.3) is 0 Å². The Bertz CT molecular complexity index is 881. The molecule has 1 aliphatic rings. The third kappa shape index (κ3) is 4.95. The average Bonchev–Trinajstić information content (AvgIpc) is 3.18. The third-order valence-corrected chi connectivity index (χ3v) is 5.05. The number of hydrogen-bond donors (Lipinski definition) is 0. The molecule has 1 aliphatic heterocycles. The number of pyridine rings is 1. The molecule has 146 valence electrons. The van der Waals surface area contributed by atoms with Crippen molar-refractivity contribution in [1.82, 2.24) is 20.0 Å². The Balaban J connectivity index is 1.29. The molecule has 0 spiro atoms. The van der Waals surface area contributed by atoms with Gasteiger partial charge in [0.25, 0.3) is 0 Å². The molecule has 1 atom stereocenters. The molecule has 6 heteroatoms. The highest BCUT2D eigenvalue weighted by molar-refractivity contribution is 5.27. The van der Waals surface area contributed by atoms with Gasteiger partial charge in [-0.25, -0.2) is 0 Å². The number of aromatic nitrogens is 3. The Kier molecular flexibility index (Phi) is 5.97. The molecule has 1 fully saturated rings. The highest BCUT2D eigenvalue weighted by Gasteiger charge is 2.26. The monoisotopic (exact) mass is 378 g/mol. The number of aryl methyl sites for hydroxylation is 1. The van der Waals surface area contributed by atoms with E-state index in [-0.39, 0.29) is 0 Å². The molecule has 1 saturated heterocycles. The highest BCUT2D eigenvalue weighted by Crippen LogP contribution is 2.26. The van der Waals surface area contributed by atoms with Crippen LogP contribution in [-0.4, -0.2) is 39.7 Å². The lowest BCUT2D eigenvalue weighted by atomic mass is 9.97. The van der Waals surface area contributed by atoms with Gasteiger partial charge in [0.2, 0.25) is 5.89 Å². The lowest BCUT2D eigenvalue weighted by Crippen LogP contribution is -2.34. The van der Waals surface area contributed by atoms with E-state index < -0.39 is 0 Å². The Hall–Kier alpha value is -2.73. The summed E-state index contributed by atoms with van der Waals surface area (Å²) in [7, 11) is 0. The second-order valence-electron chi connectivity index (χ2n) is 7.40. The van der Waals surface area contributed by atoms with Crippen molar-refractivity contribution in [3.05, 3.63) is 71.6 Å². The van der Waals surface area contributed by atoms with Gasteiger partial charge >= 0.3 is 0 Å². The zero-order chi connectivity index (χ0) is 19.2. The third-order valence-electron chi connectivity index (χ3n) is 5.05. The Morgan fingerprint density at radius 2 is 2.21 bits per heavy atom. The molecule has 3 heterocycles. The molecule has 1 unspecified atom stereocenters. The summed E-state index contributed by atoms with van der Waals surface area (Å²) in [6.07, 6.45) is 6.61. The van der Waals surface area contributed by atoms with E-state index in [2.05, 4.69) is 39.1 Å². The molecular weight excluding hydrogens is 352 g/mol. The molecular formula is C22H26N4O2. The highest BCUT2D eigenvalue weighted by atomic mass is 16.5. The van der Waals surface area contributed by atoms with Gasteiger partial charge < -0.3 is 9.26 Å². The van der Waals surface area contributed by atoms with Gasteiger partial charge in [0.05, 0.1) is 12.5 Å². The molecule has 0 amide bonds. The molecule has 2 aromatic heterocycles. The molecule has 1 aromatic carbocycles. The molecule has 28 heavy (non-hydrogen) atoms. The fourth-order valence-electron chi connectivity index (χ4n) is 3.65. The zero-order valence-electron chi connectivity index (χ0n) is 16.3. The van der Waals surface area contributed by atoms with E-state index in [0.29, 0.717) is 24.8 Å². The second kappa shape index (κ2) is 8.97. The van der Waals surface area contributed by atoms with E-state index in [4.69, 9.17) is 9.26 Å². The van der Waals surface area contributed by atoms with Crippen LogP contribution in [-0.2, 0) is 13.0 Å². The van der Waals surface area contributed by atoms with Crippen LogP contribution in [0.3, 0.4) is 0 Å². The van der Waals surface area contributed by atoms with Crippen molar-refractivity contribution in [2.24, 2.45) is 0 Å². The maximum absolute atomic E-state index is 5.79. The van der Waals surface area contributed by atoms with Crippen LogP contribution in [0.1, 0.15) is 41.6 Å². The number of ether oxygens (including phenoxy) is 1. The molecule has 3 aromatic rings. The van der Waals surface area contributed by atoms with Crippen molar-refractivity contribution < 1.29 is 9.26 Å². The normalized spacial score (nSPS) is 17.5. The van der Waals surface area contributed by atoms with Gasteiger partial charge in [-0.3, -0.25) is 9.88 Å². The second-order valence-corrected chi connectivity index (χ2v) is 7.40. The summed E-state index contributed by atoms with van der Waals surface area (Å²) < 4.78 is 11.4. The Morgan fingerprint density at radius 1 is 1.25 bits per heavy atom. The largest absolute Gasteiger partial charge is 0.493 e. The van der Waals surface area contributed by atoms with E-state index in [1.807, 2.05) is 36.7 Å². The van der Waals surface area contributed by atoms with Crippen LogP contribution in [0.5, 0.6) is 5.75 Å². The van der Waals surface area contributed by atoms with Gasteiger partial charge in [0.15, 0.2) is 5.82 Å². The Labute approximate surface area is 165 Å². The van der Waals surface area contributed by atoms with Crippen molar-refractivity contribution in [2.45, 2.75) is 38.6 Å². The summed E-state index contributed by atoms with van der Waals surface area (Å²) in [5.74, 6) is 2.64. The first kappa shape index (κ1) is 18.6. The molecule has 0 radical (unpaired) electrons. The van der Waals surface area contributed by atoms with Gasteiger partial charge in [-0.05, 0) is 55.6 Å². The van der Waals surface area contributed by atoms with E-state index in [1.54, 1.807) is 0 Å². The van der Waals surface area contributed by atoms with Crippen LogP contribution >= 0.6 is 0 Å². The van der Waals surface area contributed by atoms with Gasteiger partial charge in [0.1, 0.15) is 5.75 Å². The summed E-state index contributed by atoms with van der Waals surface area (Å²) in [5.41, 5.74) is 2.43. The van der Waals surface area contributed by atoms with Gasteiger partial charge in [-0.15, -0.1) is 0 Å². The lowest BCUT2D eigenvalue weighted by molar-refractivity contribution is 0.180. The van der Waals surface area contributed by atoms with Crippen molar-refractivity contribution in [3.63, 3.8) is 0 Å². The number of rotatable bonds is 7. The first-order valence-corrected chi connectivity index (χ1v) is 9.89. The van der Waals surface area contributed by atoms with Crippen LogP contribution in [0.2, 0.25) is 0 Å². The Morgan fingerprint density at radius 3 is 3.07 bits per heavy atom. The van der Waals surface area contributed by atoms with Gasteiger partial charge in [-0.2, -0.15) is 4.98 Å². The van der Waals surface area contributed by atoms with E-state index in [0.717, 1.165) is 44.1 Å². The van der Waals surface area contributed by atoms with Gasteiger partial charge in [0, 0.05) is 31.9 Å². The predicted molar refractivity (Wildman–Crippen MR) is 106 cm³/mol. The van der Waals surface area contributed by atoms with Crippen molar-refractivity contribution in [3.8, 4) is 5.75 Å². The number of nitrogens with zero attached hydrogens (tertiary/aromatic N) is 4. The predicted octanol–water partition coefficient (Wildman–Crippen LogP) is 3.77. The van der Waals surface area contributed by atoms with E-state index >= 15 is 0 Å². The zero-order valence-corrected chi connectivity index (χ0v) is 16.3. The van der Waals surface area contributed by atoms with Crippen molar-refractivity contribution in [2.75, 3.05) is 19.7 Å². The standard InChI is InChI=1S/C22H26N4O2/c1-17-5-2-8-20(13-17)27-12-9-21-24-22(28-25-21)19-7-4-11-26(16-19)15-18-6-3-10-23-14-18/h2-3,5-6,8,10,13-14,19H,4,7,9,11-12,15-16H2,1H3. The quantitative estimate of drug-likeness (QED) is 0.623. The summed E-state index contributed by atoms with van der Waals surface area (Å²) in [5, 5.41) is 4.15. The minimum Gasteiger partial charge on any atom is -0.493 e. The molecule has 0 saturated carbocycles. The lowest BCUT2D eigenvalue weighted by Gasteiger charge is -2.30. The molecule has 0 aliphatic carbocycles. The molecule has 4 rings (SSSR count). The van der Waals surface area contributed by atoms with Crippen LogP contribution < -0.4 is 4.74 Å². The maximum Gasteiger partial charge on any atom is 0.231 e. The fraction of sp³-hybridized carbons (Fsp3) is 0.409. The minimum atomic E-state index is 0.296. The average molecular weight is 378 g/mol. The van der Waals surface area contributed by atoms with Crippen LogP contribution in [0, 0.1) is 6.92 Å². The van der Waals surface area contributed by atoms with Crippen molar-refractivity contribution in [1.29, 1.82) is 0 Å². The molecule has 0 bridgehead atoms. The van der Waals surface area contributed by atoms with Crippen LogP contribution in [0.15, 0.2) is 53.3 Å². The first-order valence-electron chi connectivity index (χ1n) is 9.89. The molecule has 0 N–H and O–H groups in total.